The fraction of sp³-hybridized carbons (Fsp3) is 0.625. The number of hydrogen-bond acceptors (Lipinski definition) is 1. The van der Waals surface area contributed by atoms with Gasteiger partial charge in [0.25, 0.3) is 0 Å². The Morgan fingerprint density at radius 2 is 1.06 bits per heavy atom. The van der Waals surface area contributed by atoms with Gasteiger partial charge in [0.15, 0.2) is 0 Å². The predicted octanol–water partition coefficient (Wildman–Crippen LogP) is 4.20. The lowest BCUT2D eigenvalue weighted by molar-refractivity contribution is 0.399. The van der Waals surface area contributed by atoms with Crippen molar-refractivity contribution in [2.24, 2.45) is 0 Å². The van der Waals surface area contributed by atoms with Crippen molar-refractivity contribution in [3.63, 3.8) is 0 Å². The maximum atomic E-state index is 7.00. The van der Waals surface area contributed by atoms with Crippen LogP contribution in [0.5, 0.6) is 0 Å². The van der Waals surface area contributed by atoms with Crippen LogP contribution >= 0.6 is 0 Å². The van der Waals surface area contributed by atoms with Crippen molar-refractivity contribution in [1.29, 1.82) is 0 Å². The van der Waals surface area contributed by atoms with E-state index >= 15 is 0 Å². The molecule has 1 N–H and O–H groups in total. The van der Waals surface area contributed by atoms with Crippen LogP contribution in [0.3, 0.4) is 0 Å². The van der Waals surface area contributed by atoms with Gasteiger partial charge in [-0.25, -0.2) is 0 Å². The Kier molecular flexibility index (Phi) is 5.41. The average Bonchev–Trinajstić information content (AvgIpc) is 2.17. The van der Waals surface area contributed by atoms with Crippen molar-refractivity contribution in [3.8, 4) is 0 Å². The molecule has 17 heavy (non-hydrogen) atoms. The monoisotopic (exact) mass is 236 g/mol. The molecule has 0 atom stereocenters. The minimum Gasteiger partial charge on any atom is -0.400 e. The molecule has 0 aliphatic rings. The van der Waals surface area contributed by atoms with E-state index in [0.717, 1.165) is 7.11 Å². The van der Waals surface area contributed by atoms with E-state index in [4.69, 9.17) is 5.11 Å². The molecular formula is C16H28O. The van der Waals surface area contributed by atoms with Gasteiger partial charge in [0.1, 0.15) is 0 Å². The molecule has 0 saturated heterocycles. The Morgan fingerprint density at radius 1 is 0.765 bits per heavy atom. The van der Waals surface area contributed by atoms with Crippen LogP contribution in [0.2, 0.25) is 0 Å². The molecule has 0 aliphatic carbocycles. The second-order valence-corrected chi connectivity index (χ2v) is 6.48. The Morgan fingerprint density at radius 3 is 1.29 bits per heavy atom. The molecule has 0 saturated carbocycles. The van der Waals surface area contributed by atoms with Crippen LogP contribution in [-0.4, -0.2) is 12.2 Å². The van der Waals surface area contributed by atoms with Gasteiger partial charge in [-0.2, -0.15) is 0 Å². The zero-order valence-electron chi connectivity index (χ0n) is 12.7. The van der Waals surface area contributed by atoms with Crippen molar-refractivity contribution in [2.75, 3.05) is 7.11 Å². The lowest BCUT2D eigenvalue weighted by atomic mass is 9.77. The summed E-state index contributed by atoms with van der Waals surface area (Å²) in [6.45, 7) is 15.9. The molecule has 0 fully saturated rings. The van der Waals surface area contributed by atoms with Gasteiger partial charge in [-0.05, 0) is 34.4 Å². The van der Waals surface area contributed by atoms with Crippen LogP contribution < -0.4 is 0 Å². The van der Waals surface area contributed by atoms with E-state index in [1.807, 2.05) is 0 Å². The fourth-order valence-corrected chi connectivity index (χ4v) is 2.26. The molecule has 0 aromatic heterocycles. The summed E-state index contributed by atoms with van der Waals surface area (Å²) in [5.41, 5.74) is 4.87. The first-order chi connectivity index (χ1) is 7.64. The summed E-state index contributed by atoms with van der Waals surface area (Å²) in [5.74, 6) is 0. The molecule has 1 aromatic carbocycles. The second-order valence-electron chi connectivity index (χ2n) is 6.48. The van der Waals surface area contributed by atoms with E-state index in [9.17, 15) is 0 Å². The maximum absolute atomic E-state index is 7.00. The quantitative estimate of drug-likeness (QED) is 0.716. The standard InChI is InChI=1S/C15H24.CH4O/c1-11-12(14(2,3)4)9-8-10-13(11)15(5,6)7;1-2/h8-10H,1-7H3;2H,1H3. The van der Waals surface area contributed by atoms with Crippen LogP contribution in [0.4, 0.5) is 0 Å². The van der Waals surface area contributed by atoms with E-state index in [1.165, 1.54) is 16.7 Å². The number of aliphatic hydroxyl groups is 1. The van der Waals surface area contributed by atoms with Crippen molar-refractivity contribution < 1.29 is 5.11 Å². The van der Waals surface area contributed by atoms with Crippen molar-refractivity contribution in [3.05, 3.63) is 34.9 Å². The SMILES string of the molecule is CO.Cc1c(C(C)(C)C)cccc1C(C)(C)C. The van der Waals surface area contributed by atoms with Crippen molar-refractivity contribution in [2.45, 2.75) is 59.3 Å². The van der Waals surface area contributed by atoms with Gasteiger partial charge in [-0.3, -0.25) is 0 Å². The zero-order valence-corrected chi connectivity index (χ0v) is 12.7. The van der Waals surface area contributed by atoms with E-state index < -0.39 is 0 Å². The highest BCUT2D eigenvalue weighted by Gasteiger charge is 2.22. The largest absolute Gasteiger partial charge is 0.400 e. The zero-order chi connectivity index (χ0) is 13.9. The van der Waals surface area contributed by atoms with Crippen LogP contribution in [-0.2, 0) is 10.8 Å². The third-order valence-electron chi connectivity index (χ3n) is 2.95. The van der Waals surface area contributed by atoms with Gasteiger partial charge in [0, 0.05) is 7.11 Å². The summed E-state index contributed by atoms with van der Waals surface area (Å²) in [5, 5.41) is 7.00. The Hall–Kier alpha value is -0.820. The third-order valence-corrected chi connectivity index (χ3v) is 2.95. The molecule has 0 radical (unpaired) electrons. The van der Waals surface area contributed by atoms with Crippen LogP contribution in [0.25, 0.3) is 0 Å². The average molecular weight is 236 g/mol. The summed E-state index contributed by atoms with van der Waals surface area (Å²) in [4.78, 5) is 0. The Labute approximate surface area is 107 Å². The topological polar surface area (TPSA) is 20.2 Å². The van der Waals surface area contributed by atoms with E-state index in [0.29, 0.717) is 0 Å². The number of benzene rings is 1. The molecule has 0 bridgehead atoms. The molecule has 0 spiro atoms. The Bertz CT molecular complexity index is 319. The van der Waals surface area contributed by atoms with Crippen molar-refractivity contribution in [1.82, 2.24) is 0 Å². The van der Waals surface area contributed by atoms with Gasteiger partial charge in [0.05, 0.1) is 0 Å². The minimum atomic E-state index is 0.241. The third kappa shape index (κ3) is 4.16. The van der Waals surface area contributed by atoms with E-state index in [2.05, 4.69) is 66.7 Å². The first-order valence-corrected chi connectivity index (χ1v) is 6.19. The lowest BCUT2D eigenvalue weighted by Gasteiger charge is -2.28. The van der Waals surface area contributed by atoms with Gasteiger partial charge < -0.3 is 5.11 Å². The molecule has 1 heteroatoms. The van der Waals surface area contributed by atoms with Gasteiger partial charge in [0.2, 0.25) is 0 Å². The van der Waals surface area contributed by atoms with E-state index in [1.54, 1.807) is 0 Å². The predicted molar refractivity (Wildman–Crippen MR) is 76.7 cm³/mol. The normalized spacial score (nSPS) is 11.8. The first kappa shape index (κ1) is 16.2. The van der Waals surface area contributed by atoms with Crippen molar-refractivity contribution >= 4 is 0 Å². The number of rotatable bonds is 0. The van der Waals surface area contributed by atoms with Gasteiger partial charge in [-0.15, -0.1) is 0 Å². The summed E-state index contributed by atoms with van der Waals surface area (Å²) < 4.78 is 0. The molecule has 1 aromatic rings. The van der Waals surface area contributed by atoms with Crippen LogP contribution in [0.1, 0.15) is 58.2 Å². The minimum absolute atomic E-state index is 0.241. The molecule has 98 valence electrons. The highest BCUT2D eigenvalue weighted by molar-refractivity contribution is 5.41. The summed E-state index contributed by atoms with van der Waals surface area (Å²) in [6.07, 6.45) is 0. The molecule has 1 nitrogen and oxygen atoms in total. The maximum Gasteiger partial charge on any atom is 0.0319 e. The lowest BCUT2D eigenvalue weighted by Crippen LogP contribution is -2.19. The van der Waals surface area contributed by atoms with Gasteiger partial charge in [-0.1, -0.05) is 59.7 Å². The number of hydrogen-bond donors (Lipinski definition) is 1. The fourth-order valence-electron chi connectivity index (χ4n) is 2.26. The Balaban J connectivity index is 0.00000121. The summed E-state index contributed by atoms with van der Waals surface area (Å²) in [6, 6.07) is 6.70. The molecule has 0 aliphatic heterocycles. The highest BCUT2D eigenvalue weighted by Crippen LogP contribution is 2.32. The smallest absolute Gasteiger partial charge is 0.0319 e. The molecular weight excluding hydrogens is 208 g/mol. The molecule has 1 rings (SSSR count). The van der Waals surface area contributed by atoms with E-state index in [-0.39, 0.29) is 10.8 Å². The first-order valence-electron chi connectivity index (χ1n) is 6.19. The second kappa shape index (κ2) is 5.68. The van der Waals surface area contributed by atoms with Crippen LogP contribution in [0.15, 0.2) is 18.2 Å². The van der Waals surface area contributed by atoms with Gasteiger partial charge >= 0.3 is 0 Å². The summed E-state index contributed by atoms with van der Waals surface area (Å²) in [7, 11) is 1.00. The molecule has 0 heterocycles. The molecule has 0 unspecified atom stereocenters. The summed E-state index contributed by atoms with van der Waals surface area (Å²) >= 11 is 0. The van der Waals surface area contributed by atoms with Crippen LogP contribution in [0, 0.1) is 6.92 Å². The molecule has 0 amide bonds. The number of aliphatic hydroxyl groups excluding tert-OH is 1. The highest BCUT2D eigenvalue weighted by atomic mass is 16.2.